The minimum absolute atomic E-state index is 0.833. The predicted molar refractivity (Wildman–Crippen MR) is 80.5 cm³/mol. The Morgan fingerprint density at radius 3 is 2.24 bits per heavy atom. The Morgan fingerprint density at radius 1 is 1.12 bits per heavy atom. The number of benzene rings is 1. The summed E-state index contributed by atoms with van der Waals surface area (Å²) in [6.07, 6.45) is 0.953. The first-order chi connectivity index (χ1) is 8.07. The van der Waals surface area contributed by atoms with Crippen LogP contribution in [0.1, 0.15) is 39.7 Å². The number of rotatable bonds is 2. The van der Waals surface area contributed by atoms with Crippen LogP contribution >= 0.6 is 11.8 Å². The molecule has 0 saturated carbocycles. The van der Waals surface area contributed by atoms with Crippen molar-refractivity contribution in [2.45, 2.75) is 45.9 Å². The Labute approximate surface area is 111 Å². The van der Waals surface area contributed by atoms with Crippen LogP contribution in [0.4, 0.5) is 0 Å². The van der Waals surface area contributed by atoms with Crippen LogP contribution in [0.5, 0.6) is 0 Å². The molecule has 1 heteroatoms. The van der Waals surface area contributed by atoms with E-state index < -0.39 is 0 Å². The molecule has 0 aliphatic carbocycles. The first-order valence-corrected chi connectivity index (χ1v) is 7.20. The topological polar surface area (TPSA) is 0 Å². The van der Waals surface area contributed by atoms with Crippen molar-refractivity contribution in [3.8, 4) is 11.8 Å². The average molecular weight is 248 g/mol. The van der Waals surface area contributed by atoms with Gasteiger partial charge in [-0.2, -0.15) is 0 Å². The SMILES string of the molecule is CC(C)C.CCC#CCSc1ccccc1C. The van der Waals surface area contributed by atoms with Crippen molar-refractivity contribution in [3.05, 3.63) is 29.8 Å². The lowest BCUT2D eigenvalue weighted by molar-refractivity contribution is 0.737. The summed E-state index contributed by atoms with van der Waals surface area (Å²) in [5.74, 6) is 7.93. The van der Waals surface area contributed by atoms with Gasteiger partial charge in [-0.15, -0.1) is 17.7 Å². The van der Waals surface area contributed by atoms with E-state index in [0.717, 1.165) is 18.1 Å². The Morgan fingerprint density at radius 2 is 1.71 bits per heavy atom. The van der Waals surface area contributed by atoms with E-state index in [1.165, 1.54) is 10.5 Å². The van der Waals surface area contributed by atoms with E-state index >= 15 is 0 Å². The molecule has 0 heterocycles. The lowest BCUT2D eigenvalue weighted by atomic mass is 10.2. The maximum absolute atomic E-state index is 3.12. The van der Waals surface area contributed by atoms with Gasteiger partial charge in [-0.1, -0.05) is 51.8 Å². The van der Waals surface area contributed by atoms with Crippen LogP contribution in [0.15, 0.2) is 29.2 Å². The molecule has 0 amide bonds. The van der Waals surface area contributed by atoms with E-state index in [-0.39, 0.29) is 0 Å². The van der Waals surface area contributed by atoms with Crippen molar-refractivity contribution < 1.29 is 0 Å². The largest absolute Gasteiger partial charge is 0.113 e. The van der Waals surface area contributed by atoms with Crippen LogP contribution in [0.25, 0.3) is 0 Å². The van der Waals surface area contributed by atoms with Gasteiger partial charge in [0.2, 0.25) is 0 Å². The molecule has 94 valence electrons. The molecule has 0 radical (unpaired) electrons. The second-order valence-electron chi connectivity index (χ2n) is 4.49. The molecule has 0 nitrogen and oxygen atoms in total. The van der Waals surface area contributed by atoms with E-state index in [9.17, 15) is 0 Å². The summed E-state index contributed by atoms with van der Waals surface area (Å²) < 4.78 is 0. The van der Waals surface area contributed by atoms with Crippen molar-refractivity contribution in [2.75, 3.05) is 5.75 Å². The maximum atomic E-state index is 3.12. The zero-order valence-electron chi connectivity index (χ0n) is 11.7. The molecule has 0 atom stereocenters. The number of hydrogen-bond donors (Lipinski definition) is 0. The standard InChI is InChI=1S/C12H14S.C4H10/c1-3-4-7-10-13-12-9-6-5-8-11(12)2;1-4(2)3/h5-6,8-9H,3,10H2,1-2H3;4H,1-3H3. The lowest BCUT2D eigenvalue weighted by Crippen LogP contribution is -1.79. The fourth-order valence-electron chi connectivity index (χ4n) is 1.01. The summed E-state index contributed by atoms with van der Waals surface area (Å²) >= 11 is 1.81. The van der Waals surface area contributed by atoms with E-state index in [1.807, 2.05) is 11.8 Å². The normalized spacial score (nSPS) is 9.06. The molecule has 0 saturated heterocycles. The smallest absolute Gasteiger partial charge is 0.0594 e. The van der Waals surface area contributed by atoms with Gasteiger partial charge in [0.15, 0.2) is 0 Å². The summed E-state index contributed by atoms with van der Waals surface area (Å²) in [4.78, 5) is 1.34. The zero-order valence-corrected chi connectivity index (χ0v) is 12.5. The van der Waals surface area contributed by atoms with Crippen molar-refractivity contribution in [1.82, 2.24) is 0 Å². The third kappa shape index (κ3) is 10.0. The van der Waals surface area contributed by atoms with Crippen LogP contribution in [0, 0.1) is 24.7 Å². The molecule has 1 rings (SSSR count). The zero-order chi connectivity index (χ0) is 13.1. The van der Waals surface area contributed by atoms with Crippen molar-refractivity contribution >= 4 is 11.8 Å². The van der Waals surface area contributed by atoms with Gasteiger partial charge < -0.3 is 0 Å². The summed E-state index contributed by atoms with van der Waals surface area (Å²) in [6, 6.07) is 8.42. The maximum Gasteiger partial charge on any atom is 0.0594 e. The Bertz CT molecular complexity index is 353. The molecule has 0 aliphatic rings. The molecular formula is C16H24S. The summed E-state index contributed by atoms with van der Waals surface area (Å²) in [7, 11) is 0. The molecule has 0 aromatic heterocycles. The van der Waals surface area contributed by atoms with Gasteiger partial charge in [0, 0.05) is 11.3 Å². The third-order valence-electron chi connectivity index (χ3n) is 1.70. The molecule has 0 fully saturated rings. The highest BCUT2D eigenvalue weighted by Gasteiger charge is 1.94. The van der Waals surface area contributed by atoms with Gasteiger partial charge in [0.1, 0.15) is 0 Å². The minimum atomic E-state index is 0.833. The van der Waals surface area contributed by atoms with E-state index in [4.69, 9.17) is 0 Å². The molecule has 17 heavy (non-hydrogen) atoms. The predicted octanol–water partition coefficient (Wildman–Crippen LogP) is 5.16. The monoisotopic (exact) mass is 248 g/mol. The molecule has 0 unspecified atom stereocenters. The first-order valence-electron chi connectivity index (χ1n) is 6.22. The Balaban J connectivity index is 0.000000557. The second-order valence-corrected chi connectivity index (χ2v) is 5.51. The van der Waals surface area contributed by atoms with Crippen LogP contribution in [-0.4, -0.2) is 5.75 Å². The van der Waals surface area contributed by atoms with Crippen molar-refractivity contribution in [1.29, 1.82) is 0 Å². The minimum Gasteiger partial charge on any atom is -0.113 e. The van der Waals surface area contributed by atoms with Gasteiger partial charge in [-0.3, -0.25) is 0 Å². The van der Waals surface area contributed by atoms with Crippen LogP contribution in [0.3, 0.4) is 0 Å². The average Bonchev–Trinajstić information content (AvgIpc) is 2.26. The third-order valence-corrected chi connectivity index (χ3v) is 2.75. The summed E-state index contributed by atoms with van der Waals surface area (Å²) in [5.41, 5.74) is 1.34. The van der Waals surface area contributed by atoms with Gasteiger partial charge >= 0.3 is 0 Å². The van der Waals surface area contributed by atoms with Gasteiger partial charge in [0.25, 0.3) is 0 Å². The molecule has 1 aromatic carbocycles. The fourth-order valence-corrected chi connectivity index (χ4v) is 1.81. The van der Waals surface area contributed by atoms with Gasteiger partial charge in [0.05, 0.1) is 5.75 Å². The second kappa shape index (κ2) is 10.3. The van der Waals surface area contributed by atoms with Gasteiger partial charge in [-0.05, 0) is 24.5 Å². The lowest BCUT2D eigenvalue weighted by Gasteiger charge is -2.00. The quantitative estimate of drug-likeness (QED) is 0.514. The highest BCUT2D eigenvalue weighted by atomic mass is 32.2. The van der Waals surface area contributed by atoms with Crippen molar-refractivity contribution in [2.24, 2.45) is 5.92 Å². The van der Waals surface area contributed by atoms with Gasteiger partial charge in [-0.25, -0.2) is 0 Å². The van der Waals surface area contributed by atoms with Crippen LogP contribution in [-0.2, 0) is 0 Å². The molecule has 0 aliphatic heterocycles. The summed E-state index contributed by atoms with van der Waals surface area (Å²) in [6.45, 7) is 10.7. The fraction of sp³-hybridized carbons (Fsp3) is 0.500. The molecule has 0 spiro atoms. The molecular weight excluding hydrogens is 224 g/mol. The summed E-state index contributed by atoms with van der Waals surface area (Å²) in [5, 5.41) is 0. The number of hydrogen-bond acceptors (Lipinski definition) is 1. The first kappa shape index (κ1) is 16.1. The van der Waals surface area contributed by atoms with Crippen LogP contribution < -0.4 is 0 Å². The molecule has 0 bridgehead atoms. The Kier molecular flexibility index (Phi) is 9.77. The molecule has 1 aromatic rings. The molecule has 0 N–H and O–H groups in total. The van der Waals surface area contributed by atoms with E-state index in [0.29, 0.717) is 0 Å². The van der Waals surface area contributed by atoms with Crippen molar-refractivity contribution in [3.63, 3.8) is 0 Å². The number of aryl methyl sites for hydroxylation is 1. The number of thioether (sulfide) groups is 1. The Hall–Kier alpha value is -0.870. The van der Waals surface area contributed by atoms with Crippen LogP contribution in [0.2, 0.25) is 0 Å². The van der Waals surface area contributed by atoms with E-state index in [1.54, 1.807) is 0 Å². The highest BCUT2D eigenvalue weighted by molar-refractivity contribution is 7.99. The highest BCUT2D eigenvalue weighted by Crippen LogP contribution is 2.20. The van der Waals surface area contributed by atoms with E-state index in [2.05, 4.69) is 70.7 Å².